The van der Waals surface area contributed by atoms with Gasteiger partial charge in [0.1, 0.15) is 5.88 Å². The number of halogens is 2. The Morgan fingerprint density at radius 3 is 2.71 bits per heavy atom. The van der Waals surface area contributed by atoms with E-state index in [-0.39, 0.29) is 17.3 Å². The van der Waals surface area contributed by atoms with Crippen LogP contribution in [0.2, 0.25) is 5.02 Å². The van der Waals surface area contributed by atoms with Crippen molar-refractivity contribution in [3.8, 4) is 0 Å². The Labute approximate surface area is 136 Å². The normalized spacial score (nSPS) is 24.0. The Kier molecular flexibility index (Phi) is 4.20. The lowest BCUT2D eigenvalue weighted by atomic mass is 9.70. The van der Waals surface area contributed by atoms with Gasteiger partial charge in [0.2, 0.25) is 5.91 Å². The van der Waals surface area contributed by atoms with Crippen LogP contribution in [0.4, 0.5) is 5.69 Å². The number of fused-ring (bicyclic) bond motifs is 1. The molecule has 0 radical (unpaired) electrons. The van der Waals surface area contributed by atoms with Crippen molar-refractivity contribution in [1.29, 1.82) is 0 Å². The van der Waals surface area contributed by atoms with Gasteiger partial charge in [0.15, 0.2) is 0 Å². The number of benzene rings is 1. The number of nitrogens with zero attached hydrogens (tertiary/aromatic N) is 1. The van der Waals surface area contributed by atoms with Crippen molar-refractivity contribution in [2.24, 2.45) is 0 Å². The molecule has 1 saturated carbocycles. The molecule has 1 aliphatic heterocycles. The smallest absolute Gasteiger partial charge is 0.242 e. The summed E-state index contributed by atoms with van der Waals surface area (Å²) < 4.78 is 0. The number of alkyl halides is 1. The summed E-state index contributed by atoms with van der Waals surface area (Å²) in [6.45, 7) is 2.24. The van der Waals surface area contributed by atoms with E-state index in [0.717, 1.165) is 30.0 Å². The lowest BCUT2D eigenvalue weighted by molar-refractivity contribution is -0.118. The first kappa shape index (κ1) is 15.2. The van der Waals surface area contributed by atoms with Crippen LogP contribution < -0.4 is 4.90 Å². The molecule has 3 rings (SSSR count). The highest BCUT2D eigenvalue weighted by Gasteiger charge is 2.46. The fraction of sp³-hybridized carbons (Fsp3) is 0.588. The van der Waals surface area contributed by atoms with Crippen molar-refractivity contribution in [2.75, 3.05) is 10.8 Å². The van der Waals surface area contributed by atoms with Gasteiger partial charge in [-0.3, -0.25) is 4.79 Å². The van der Waals surface area contributed by atoms with Crippen molar-refractivity contribution >= 4 is 34.8 Å². The van der Waals surface area contributed by atoms with E-state index in [1.807, 2.05) is 23.1 Å². The highest BCUT2D eigenvalue weighted by Crippen LogP contribution is 2.50. The zero-order valence-corrected chi connectivity index (χ0v) is 13.9. The molecule has 21 heavy (non-hydrogen) atoms. The predicted octanol–water partition coefficient (Wildman–Crippen LogP) is 5.12. The predicted molar refractivity (Wildman–Crippen MR) is 88.5 cm³/mol. The summed E-state index contributed by atoms with van der Waals surface area (Å²) in [6.07, 6.45) is 6.85. The minimum absolute atomic E-state index is 0.0223. The molecular weight excluding hydrogens is 305 g/mol. The minimum Gasteiger partial charge on any atom is -0.305 e. The maximum Gasteiger partial charge on any atom is 0.242 e. The highest BCUT2D eigenvalue weighted by atomic mass is 35.5. The van der Waals surface area contributed by atoms with Crippen LogP contribution in [0.15, 0.2) is 18.2 Å². The SMILES string of the molecule is CC1CC2(CCCCC2)N(C(=O)CCl)c2ccc(Cl)cc21. The van der Waals surface area contributed by atoms with Crippen LogP contribution >= 0.6 is 23.2 Å². The summed E-state index contributed by atoms with van der Waals surface area (Å²) in [4.78, 5) is 14.6. The van der Waals surface area contributed by atoms with Crippen molar-refractivity contribution in [2.45, 2.75) is 56.9 Å². The van der Waals surface area contributed by atoms with Gasteiger partial charge in [-0.2, -0.15) is 0 Å². The van der Waals surface area contributed by atoms with E-state index in [4.69, 9.17) is 23.2 Å². The van der Waals surface area contributed by atoms with E-state index in [1.165, 1.54) is 24.8 Å². The molecule has 1 aromatic carbocycles. The van der Waals surface area contributed by atoms with Crippen LogP contribution in [-0.2, 0) is 4.79 Å². The summed E-state index contributed by atoms with van der Waals surface area (Å²) in [5.41, 5.74) is 2.16. The average Bonchev–Trinajstić information content (AvgIpc) is 2.48. The quantitative estimate of drug-likeness (QED) is 0.656. The second-order valence-electron chi connectivity index (χ2n) is 6.46. The number of carbonyl (C=O) groups excluding carboxylic acids is 1. The number of anilines is 1. The van der Waals surface area contributed by atoms with Crippen molar-refractivity contribution in [3.63, 3.8) is 0 Å². The standard InChI is InChI=1S/C17H21Cl2NO/c1-12-10-17(7-3-2-4-8-17)20(16(21)11-18)15-6-5-13(19)9-14(12)15/h5-6,9,12H,2-4,7-8,10-11H2,1H3. The van der Waals surface area contributed by atoms with E-state index in [9.17, 15) is 4.79 Å². The van der Waals surface area contributed by atoms with Gasteiger partial charge in [-0.15, -0.1) is 11.6 Å². The maximum atomic E-state index is 12.6. The molecule has 0 saturated heterocycles. The molecule has 1 aliphatic carbocycles. The van der Waals surface area contributed by atoms with E-state index in [2.05, 4.69) is 6.92 Å². The third kappa shape index (κ3) is 2.57. The van der Waals surface area contributed by atoms with Crippen LogP contribution in [0, 0.1) is 0 Å². The molecule has 0 aromatic heterocycles. The third-order valence-electron chi connectivity index (χ3n) is 5.07. The molecule has 1 atom stereocenters. The highest BCUT2D eigenvalue weighted by molar-refractivity contribution is 6.31. The topological polar surface area (TPSA) is 20.3 Å². The average molecular weight is 326 g/mol. The Hall–Kier alpha value is -0.730. The number of carbonyl (C=O) groups is 1. The summed E-state index contributed by atoms with van der Waals surface area (Å²) in [5, 5.41) is 0.735. The molecule has 2 nitrogen and oxygen atoms in total. The molecule has 1 fully saturated rings. The van der Waals surface area contributed by atoms with Gasteiger partial charge in [0.05, 0.1) is 0 Å². The second-order valence-corrected chi connectivity index (χ2v) is 7.16. The molecule has 1 heterocycles. The van der Waals surface area contributed by atoms with Gasteiger partial charge in [-0.05, 0) is 48.9 Å². The maximum absolute atomic E-state index is 12.6. The van der Waals surface area contributed by atoms with Crippen LogP contribution in [0.3, 0.4) is 0 Å². The number of hydrogen-bond acceptors (Lipinski definition) is 1. The Morgan fingerprint density at radius 1 is 1.33 bits per heavy atom. The lowest BCUT2D eigenvalue weighted by Gasteiger charge is -2.52. The number of hydrogen-bond donors (Lipinski definition) is 0. The van der Waals surface area contributed by atoms with E-state index < -0.39 is 0 Å². The number of rotatable bonds is 1. The van der Waals surface area contributed by atoms with Gasteiger partial charge >= 0.3 is 0 Å². The van der Waals surface area contributed by atoms with Crippen LogP contribution in [0.5, 0.6) is 0 Å². The van der Waals surface area contributed by atoms with Crippen molar-refractivity contribution < 1.29 is 4.79 Å². The fourth-order valence-corrected chi connectivity index (χ4v) is 4.55. The molecule has 4 heteroatoms. The van der Waals surface area contributed by atoms with E-state index >= 15 is 0 Å². The zero-order valence-electron chi connectivity index (χ0n) is 12.4. The number of amides is 1. The first-order valence-electron chi connectivity index (χ1n) is 7.76. The first-order valence-corrected chi connectivity index (χ1v) is 8.67. The summed E-state index contributed by atoms with van der Waals surface area (Å²) in [6, 6.07) is 5.88. The van der Waals surface area contributed by atoms with Gasteiger partial charge in [0.25, 0.3) is 0 Å². The van der Waals surface area contributed by atoms with E-state index in [0.29, 0.717) is 5.92 Å². The van der Waals surface area contributed by atoms with Crippen molar-refractivity contribution in [1.82, 2.24) is 0 Å². The zero-order chi connectivity index (χ0) is 15.0. The molecule has 1 spiro atoms. The minimum atomic E-state index is -0.0372. The fourth-order valence-electron chi connectivity index (χ4n) is 4.25. The third-order valence-corrected chi connectivity index (χ3v) is 5.53. The summed E-state index contributed by atoms with van der Waals surface area (Å²) in [7, 11) is 0. The molecule has 114 valence electrons. The monoisotopic (exact) mass is 325 g/mol. The van der Waals surface area contributed by atoms with Gasteiger partial charge in [-0.25, -0.2) is 0 Å². The Bertz CT molecular complexity index is 552. The molecule has 1 aromatic rings. The molecule has 2 aliphatic rings. The van der Waals surface area contributed by atoms with Crippen LogP contribution in [0.1, 0.15) is 56.9 Å². The van der Waals surface area contributed by atoms with Gasteiger partial charge in [0, 0.05) is 16.2 Å². The van der Waals surface area contributed by atoms with Crippen molar-refractivity contribution in [3.05, 3.63) is 28.8 Å². The largest absolute Gasteiger partial charge is 0.305 e. The summed E-state index contributed by atoms with van der Waals surface area (Å²) in [5.74, 6) is 0.489. The lowest BCUT2D eigenvalue weighted by Crippen LogP contribution is -2.56. The Balaban J connectivity index is 2.12. The second kappa shape index (κ2) is 5.81. The van der Waals surface area contributed by atoms with E-state index in [1.54, 1.807) is 0 Å². The van der Waals surface area contributed by atoms with Crippen LogP contribution in [-0.4, -0.2) is 17.3 Å². The van der Waals surface area contributed by atoms with Gasteiger partial charge < -0.3 is 4.90 Å². The van der Waals surface area contributed by atoms with Gasteiger partial charge in [-0.1, -0.05) is 37.8 Å². The molecule has 1 amide bonds. The molecule has 0 N–H and O–H groups in total. The molecule has 0 bridgehead atoms. The molecule has 1 unspecified atom stereocenters. The Morgan fingerprint density at radius 2 is 2.05 bits per heavy atom. The summed E-state index contributed by atoms with van der Waals surface area (Å²) >= 11 is 12.1. The molecular formula is C17H21Cl2NO. The van der Waals surface area contributed by atoms with Crippen LogP contribution in [0.25, 0.3) is 0 Å². The first-order chi connectivity index (χ1) is 10.1.